The van der Waals surface area contributed by atoms with Crippen molar-refractivity contribution in [2.24, 2.45) is 0 Å². The predicted molar refractivity (Wildman–Crippen MR) is 96.7 cm³/mol. The van der Waals surface area contributed by atoms with E-state index in [9.17, 15) is 14.0 Å². The van der Waals surface area contributed by atoms with E-state index in [-0.39, 0.29) is 17.4 Å². The van der Waals surface area contributed by atoms with Crippen LogP contribution in [-0.4, -0.2) is 28.5 Å². The molecule has 0 aliphatic carbocycles. The summed E-state index contributed by atoms with van der Waals surface area (Å²) in [4.78, 5) is 24.8. The van der Waals surface area contributed by atoms with Gasteiger partial charge in [-0.3, -0.25) is 9.69 Å². The zero-order valence-corrected chi connectivity index (χ0v) is 14.1. The van der Waals surface area contributed by atoms with Crippen LogP contribution in [-0.2, 0) is 11.3 Å². The van der Waals surface area contributed by atoms with E-state index in [1.807, 2.05) is 35.0 Å². The number of imide groups is 1. The third-order valence-electron chi connectivity index (χ3n) is 4.50. The van der Waals surface area contributed by atoms with Crippen molar-refractivity contribution in [1.82, 2.24) is 14.8 Å². The molecule has 5 nitrogen and oxygen atoms in total. The lowest BCUT2D eigenvalue weighted by molar-refractivity contribution is -0.121. The number of amides is 3. The number of benzene rings is 2. The molecule has 3 amide bonds. The van der Waals surface area contributed by atoms with Crippen molar-refractivity contribution >= 4 is 28.9 Å². The van der Waals surface area contributed by atoms with Crippen LogP contribution in [0.4, 0.5) is 9.18 Å². The number of para-hydroxylation sites is 1. The van der Waals surface area contributed by atoms with Gasteiger partial charge in [0.1, 0.15) is 11.5 Å². The van der Waals surface area contributed by atoms with Crippen LogP contribution in [0.3, 0.4) is 0 Å². The fourth-order valence-corrected chi connectivity index (χ4v) is 3.11. The normalized spacial score (nSPS) is 15.9. The van der Waals surface area contributed by atoms with Gasteiger partial charge < -0.3 is 9.88 Å². The standard InChI is InChI=1S/C20H16FN3O2/c1-23-19(25)17(22-20(23)26)10-14-12-24(18-9-5-3-7-15(14)18)11-13-6-2-4-8-16(13)21/h2-10,12H,11H2,1H3,(H,22,26)/b17-10+. The van der Waals surface area contributed by atoms with Gasteiger partial charge in [0.2, 0.25) is 0 Å². The number of urea groups is 1. The number of aromatic nitrogens is 1. The summed E-state index contributed by atoms with van der Waals surface area (Å²) >= 11 is 0. The van der Waals surface area contributed by atoms with Crippen molar-refractivity contribution in [2.45, 2.75) is 6.54 Å². The third kappa shape index (κ3) is 2.65. The molecule has 1 N–H and O–H groups in total. The van der Waals surface area contributed by atoms with Crippen LogP contribution in [0.2, 0.25) is 0 Å². The molecule has 4 rings (SSSR count). The summed E-state index contributed by atoms with van der Waals surface area (Å²) in [5.74, 6) is -0.633. The molecule has 0 saturated carbocycles. The average Bonchev–Trinajstić information content (AvgIpc) is 3.10. The van der Waals surface area contributed by atoms with Crippen molar-refractivity contribution in [1.29, 1.82) is 0 Å². The Morgan fingerprint density at radius 1 is 1.08 bits per heavy atom. The summed E-state index contributed by atoms with van der Waals surface area (Å²) in [5.41, 5.74) is 2.52. The van der Waals surface area contributed by atoms with E-state index >= 15 is 0 Å². The number of hydrogen-bond acceptors (Lipinski definition) is 2. The second-order valence-electron chi connectivity index (χ2n) is 6.17. The number of carbonyl (C=O) groups is 2. The van der Waals surface area contributed by atoms with Gasteiger partial charge in [0.15, 0.2) is 0 Å². The summed E-state index contributed by atoms with van der Waals surface area (Å²) in [6.07, 6.45) is 3.52. The Bertz CT molecular complexity index is 1070. The van der Waals surface area contributed by atoms with E-state index in [0.717, 1.165) is 21.4 Å². The van der Waals surface area contributed by atoms with Crippen LogP contribution in [0.25, 0.3) is 17.0 Å². The van der Waals surface area contributed by atoms with Crippen LogP contribution in [0.1, 0.15) is 11.1 Å². The largest absolute Gasteiger partial charge is 0.342 e. The maximum atomic E-state index is 14.0. The zero-order chi connectivity index (χ0) is 18.3. The van der Waals surface area contributed by atoms with E-state index in [0.29, 0.717) is 12.1 Å². The highest BCUT2D eigenvalue weighted by atomic mass is 19.1. The van der Waals surface area contributed by atoms with Gasteiger partial charge in [-0.1, -0.05) is 36.4 Å². The van der Waals surface area contributed by atoms with E-state index in [1.54, 1.807) is 24.3 Å². The van der Waals surface area contributed by atoms with E-state index in [2.05, 4.69) is 5.32 Å². The summed E-state index contributed by atoms with van der Waals surface area (Å²) in [7, 11) is 1.43. The molecule has 2 heterocycles. The molecule has 3 aromatic rings. The molecular weight excluding hydrogens is 333 g/mol. The minimum atomic E-state index is -0.448. The van der Waals surface area contributed by atoms with Crippen LogP contribution in [0.15, 0.2) is 60.4 Å². The Morgan fingerprint density at radius 3 is 2.54 bits per heavy atom. The molecule has 0 spiro atoms. The smallest absolute Gasteiger partial charge is 0.328 e. The lowest BCUT2D eigenvalue weighted by Crippen LogP contribution is -2.25. The van der Waals surface area contributed by atoms with E-state index in [1.165, 1.54) is 13.1 Å². The summed E-state index contributed by atoms with van der Waals surface area (Å²) in [6, 6.07) is 13.9. The Labute approximate surface area is 149 Å². The molecule has 0 radical (unpaired) electrons. The molecule has 1 aliphatic rings. The van der Waals surface area contributed by atoms with Crippen LogP contribution < -0.4 is 5.32 Å². The molecule has 1 fully saturated rings. The minimum Gasteiger partial charge on any atom is -0.342 e. The van der Waals surface area contributed by atoms with Crippen molar-refractivity contribution < 1.29 is 14.0 Å². The topological polar surface area (TPSA) is 54.3 Å². The van der Waals surface area contributed by atoms with Gasteiger partial charge in [0.05, 0.1) is 6.54 Å². The van der Waals surface area contributed by atoms with E-state index < -0.39 is 6.03 Å². The molecule has 130 valence electrons. The lowest BCUT2D eigenvalue weighted by atomic mass is 10.1. The van der Waals surface area contributed by atoms with Gasteiger partial charge in [-0.05, 0) is 18.2 Å². The van der Waals surface area contributed by atoms with Crippen LogP contribution in [0.5, 0.6) is 0 Å². The fraction of sp³-hybridized carbons (Fsp3) is 0.100. The van der Waals surface area contributed by atoms with Crippen molar-refractivity contribution in [2.75, 3.05) is 7.05 Å². The second kappa shape index (κ2) is 6.15. The maximum Gasteiger partial charge on any atom is 0.328 e. The molecule has 1 aliphatic heterocycles. The molecule has 1 saturated heterocycles. The first-order chi connectivity index (χ1) is 12.5. The Hall–Kier alpha value is -3.41. The average molecular weight is 349 g/mol. The number of carbonyl (C=O) groups excluding carboxylic acids is 2. The van der Waals surface area contributed by atoms with Crippen LogP contribution in [0, 0.1) is 5.82 Å². The summed E-state index contributed by atoms with van der Waals surface area (Å²) in [6.45, 7) is 0.372. The van der Waals surface area contributed by atoms with Crippen LogP contribution >= 0.6 is 0 Å². The first-order valence-electron chi connectivity index (χ1n) is 8.16. The molecule has 1 aromatic heterocycles. The second-order valence-corrected chi connectivity index (χ2v) is 6.17. The maximum absolute atomic E-state index is 14.0. The highest BCUT2D eigenvalue weighted by Gasteiger charge is 2.30. The third-order valence-corrected chi connectivity index (χ3v) is 4.50. The number of hydrogen-bond donors (Lipinski definition) is 1. The van der Waals surface area contributed by atoms with Gasteiger partial charge in [0.25, 0.3) is 5.91 Å². The zero-order valence-electron chi connectivity index (χ0n) is 14.1. The van der Waals surface area contributed by atoms with Gasteiger partial charge >= 0.3 is 6.03 Å². The van der Waals surface area contributed by atoms with Gasteiger partial charge in [-0.2, -0.15) is 0 Å². The number of fused-ring (bicyclic) bond motifs is 1. The van der Waals surface area contributed by atoms with Gasteiger partial charge in [-0.15, -0.1) is 0 Å². The number of rotatable bonds is 3. The van der Waals surface area contributed by atoms with Gasteiger partial charge in [-0.25, -0.2) is 9.18 Å². The lowest BCUT2D eigenvalue weighted by Gasteiger charge is -2.06. The molecule has 0 atom stereocenters. The van der Waals surface area contributed by atoms with E-state index in [4.69, 9.17) is 0 Å². The van der Waals surface area contributed by atoms with Crippen molar-refractivity contribution in [3.8, 4) is 0 Å². The molecular formula is C20H16FN3O2. The summed E-state index contributed by atoms with van der Waals surface area (Å²) < 4.78 is 16.0. The molecule has 6 heteroatoms. The monoisotopic (exact) mass is 349 g/mol. The first-order valence-corrected chi connectivity index (χ1v) is 8.16. The number of halogens is 1. The van der Waals surface area contributed by atoms with Crippen molar-refractivity contribution in [3.05, 3.63) is 77.4 Å². The highest BCUT2D eigenvalue weighted by molar-refractivity contribution is 6.14. The molecule has 0 unspecified atom stereocenters. The Balaban J connectivity index is 1.79. The van der Waals surface area contributed by atoms with Gasteiger partial charge in [0, 0.05) is 35.3 Å². The number of likely N-dealkylation sites (N-methyl/N-ethyl adjacent to an activating group) is 1. The van der Waals surface area contributed by atoms with Crippen molar-refractivity contribution in [3.63, 3.8) is 0 Å². The Kier molecular flexibility index (Phi) is 3.80. The molecule has 0 bridgehead atoms. The fourth-order valence-electron chi connectivity index (χ4n) is 3.11. The number of nitrogens with zero attached hydrogens (tertiary/aromatic N) is 2. The SMILES string of the molecule is CN1C(=O)N/C(=C/c2cn(Cc3ccccc3F)c3ccccc23)C1=O. The molecule has 26 heavy (non-hydrogen) atoms. The molecule has 2 aromatic carbocycles. The first kappa shape index (κ1) is 16.1. The predicted octanol–water partition coefficient (Wildman–Crippen LogP) is 3.35. The minimum absolute atomic E-state index is 0.228. The summed E-state index contributed by atoms with van der Waals surface area (Å²) in [5, 5.41) is 3.49. The Morgan fingerprint density at radius 2 is 1.81 bits per heavy atom. The highest BCUT2D eigenvalue weighted by Crippen LogP contribution is 2.25. The number of nitrogens with one attached hydrogen (secondary N) is 1. The quantitative estimate of drug-likeness (QED) is 0.582.